The summed E-state index contributed by atoms with van der Waals surface area (Å²) in [7, 11) is 1.44. The van der Waals surface area contributed by atoms with E-state index in [-0.39, 0.29) is 22.5 Å². The molecule has 9 nitrogen and oxygen atoms in total. The summed E-state index contributed by atoms with van der Waals surface area (Å²) in [5.74, 6) is -0.512. The number of hydrogen-bond donors (Lipinski definition) is 0. The van der Waals surface area contributed by atoms with Crippen LogP contribution in [0.5, 0.6) is 0 Å². The van der Waals surface area contributed by atoms with Gasteiger partial charge in [-0.3, -0.25) is 4.79 Å². The molecule has 0 aliphatic carbocycles. The zero-order valence-corrected chi connectivity index (χ0v) is 15.8. The second-order valence-electron chi connectivity index (χ2n) is 6.06. The van der Waals surface area contributed by atoms with Gasteiger partial charge in [0.05, 0.1) is 28.6 Å². The van der Waals surface area contributed by atoms with Crippen LogP contribution in [0.1, 0.15) is 21.6 Å². The van der Waals surface area contributed by atoms with E-state index in [1.54, 1.807) is 36.5 Å². The van der Waals surface area contributed by atoms with Crippen LogP contribution in [0, 0.1) is 11.3 Å². The van der Waals surface area contributed by atoms with E-state index >= 15 is 0 Å². The molecular weight excluding hydrogens is 394 g/mol. The fourth-order valence-corrected chi connectivity index (χ4v) is 2.95. The molecule has 2 heterocycles. The number of aryl methyl sites for hydroxylation is 1. The number of aromatic nitrogens is 6. The lowest BCUT2D eigenvalue weighted by molar-refractivity contribution is 0.103. The average Bonchev–Trinajstić information content (AvgIpc) is 3.35. The molecule has 0 saturated carbocycles. The molecule has 2 aromatic carbocycles. The Morgan fingerprint density at radius 1 is 1.10 bits per heavy atom. The van der Waals surface area contributed by atoms with E-state index in [0.717, 1.165) is 9.36 Å². The van der Waals surface area contributed by atoms with Gasteiger partial charge in [0, 0.05) is 18.3 Å². The first-order valence-electron chi connectivity index (χ1n) is 8.38. The molecule has 10 heteroatoms. The predicted molar refractivity (Wildman–Crippen MR) is 103 cm³/mol. The minimum absolute atomic E-state index is 0.0268. The Morgan fingerprint density at radius 2 is 1.86 bits per heavy atom. The average molecular weight is 406 g/mol. The van der Waals surface area contributed by atoms with Crippen LogP contribution in [0.25, 0.3) is 11.4 Å². The van der Waals surface area contributed by atoms with E-state index < -0.39 is 11.5 Å². The topological polar surface area (TPSA) is 111 Å². The predicted octanol–water partition coefficient (Wildman–Crippen LogP) is 1.91. The smallest absolute Gasteiger partial charge is 0.287 e. The fourth-order valence-electron chi connectivity index (χ4n) is 2.82. The van der Waals surface area contributed by atoms with Crippen molar-refractivity contribution in [3.8, 4) is 17.4 Å². The molecule has 4 rings (SSSR count). The highest BCUT2D eigenvalue weighted by atomic mass is 35.5. The lowest BCUT2D eigenvalue weighted by atomic mass is 10.00. The molecule has 0 bridgehead atoms. The Hall–Kier alpha value is -4.03. The van der Waals surface area contributed by atoms with Crippen LogP contribution in [0.15, 0.2) is 59.5 Å². The molecule has 0 atom stereocenters. The van der Waals surface area contributed by atoms with Gasteiger partial charge in [-0.2, -0.15) is 19.7 Å². The maximum absolute atomic E-state index is 13.2. The van der Waals surface area contributed by atoms with Crippen LogP contribution in [0.4, 0.5) is 0 Å². The summed E-state index contributed by atoms with van der Waals surface area (Å²) in [5.41, 5.74) is 0.576. The summed E-state index contributed by atoms with van der Waals surface area (Å²) in [5, 5.41) is 21.8. The quantitative estimate of drug-likeness (QED) is 0.479. The van der Waals surface area contributed by atoms with Crippen LogP contribution < -0.4 is 5.69 Å². The molecule has 0 aliphatic rings. The maximum atomic E-state index is 13.2. The van der Waals surface area contributed by atoms with Gasteiger partial charge in [0.25, 0.3) is 0 Å². The summed E-state index contributed by atoms with van der Waals surface area (Å²) >= 11 is 5.90. The van der Waals surface area contributed by atoms with Crippen LogP contribution in [0.3, 0.4) is 0 Å². The molecule has 4 aromatic rings. The van der Waals surface area contributed by atoms with E-state index in [9.17, 15) is 14.9 Å². The third-order valence-electron chi connectivity index (χ3n) is 4.25. The van der Waals surface area contributed by atoms with E-state index in [4.69, 9.17) is 11.6 Å². The second kappa shape index (κ2) is 7.18. The van der Waals surface area contributed by atoms with Gasteiger partial charge < -0.3 is 0 Å². The van der Waals surface area contributed by atoms with Gasteiger partial charge in [0.1, 0.15) is 5.69 Å². The Morgan fingerprint density at radius 3 is 2.52 bits per heavy atom. The van der Waals surface area contributed by atoms with Crippen molar-refractivity contribution in [3.05, 3.63) is 87.1 Å². The van der Waals surface area contributed by atoms with Crippen molar-refractivity contribution in [2.45, 2.75) is 0 Å². The number of benzene rings is 2. The van der Waals surface area contributed by atoms with Gasteiger partial charge in [0.2, 0.25) is 5.78 Å². The van der Waals surface area contributed by atoms with Crippen LogP contribution in [-0.4, -0.2) is 35.4 Å². The summed E-state index contributed by atoms with van der Waals surface area (Å²) in [6.07, 6.45) is 1.62. The summed E-state index contributed by atoms with van der Waals surface area (Å²) < 4.78 is 3.53. The van der Waals surface area contributed by atoms with Crippen molar-refractivity contribution in [2.75, 3.05) is 0 Å². The number of ketones is 1. The second-order valence-corrected chi connectivity index (χ2v) is 6.50. The molecule has 0 spiro atoms. The van der Waals surface area contributed by atoms with Gasteiger partial charge in [-0.15, -0.1) is 0 Å². The molecule has 0 aliphatic heterocycles. The number of nitrogens with zero attached hydrogens (tertiary/aromatic N) is 7. The number of carbonyl (C=O) groups is 1. The minimum atomic E-state index is -0.541. The zero-order valence-electron chi connectivity index (χ0n) is 15.0. The molecule has 0 radical (unpaired) electrons. The third-order valence-corrected chi connectivity index (χ3v) is 4.50. The number of halogens is 1. The van der Waals surface area contributed by atoms with Gasteiger partial charge in [-0.1, -0.05) is 17.7 Å². The summed E-state index contributed by atoms with van der Waals surface area (Å²) in [6.45, 7) is 0. The van der Waals surface area contributed by atoms with Gasteiger partial charge >= 0.3 is 5.69 Å². The lowest BCUT2D eigenvalue weighted by Gasteiger charge is -2.08. The van der Waals surface area contributed by atoms with Crippen LogP contribution in [0.2, 0.25) is 5.02 Å². The molecule has 0 unspecified atom stereocenters. The SMILES string of the molecule is Cn1nnn(-c2cccc(C#N)c2C(=O)c2ccn(-c3ccc(Cl)cc3)n2)c1=O. The molecule has 29 heavy (non-hydrogen) atoms. The first-order chi connectivity index (χ1) is 14.0. The standard InChI is InChI=1S/C19H12ClN7O2/c1-25-19(29)27(24-23-25)16-4-2-3-12(11-21)17(16)18(28)15-9-10-26(22-15)14-7-5-13(20)6-8-14/h2-10H,1H3. The number of hydrogen-bond acceptors (Lipinski definition) is 6. The Labute approximate surface area is 169 Å². The normalized spacial score (nSPS) is 10.7. The van der Waals surface area contributed by atoms with Gasteiger partial charge in [-0.25, -0.2) is 9.48 Å². The monoisotopic (exact) mass is 405 g/mol. The lowest BCUT2D eigenvalue weighted by Crippen LogP contribution is -2.24. The van der Waals surface area contributed by atoms with E-state index in [1.807, 2.05) is 6.07 Å². The molecule has 2 aromatic heterocycles. The molecule has 142 valence electrons. The van der Waals surface area contributed by atoms with E-state index in [2.05, 4.69) is 15.5 Å². The molecule has 0 amide bonds. The largest absolute Gasteiger partial charge is 0.368 e. The summed E-state index contributed by atoms with van der Waals surface area (Å²) in [6, 6.07) is 15.1. The molecule has 0 saturated heterocycles. The Balaban J connectivity index is 1.82. The molecule has 0 fully saturated rings. The zero-order chi connectivity index (χ0) is 20.5. The number of tetrazole rings is 1. The van der Waals surface area contributed by atoms with E-state index in [1.165, 1.54) is 29.9 Å². The highest BCUT2D eigenvalue weighted by molar-refractivity contribution is 6.30. The van der Waals surface area contributed by atoms with Crippen molar-refractivity contribution in [2.24, 2.45) is 7.05 Å². The van der Waals surface area contributed by atoms with Gasteiger partial charge in [-0.05, 0) is 52.9 Å². The first-order valence-corrected chi connectivity index (χ1v) is 8.76. The highest BCUT2D eigenvalue weighted by Crippen LogP contribution is 2.21. The number of carbonyl (C=O) groups excluding carboxylic acids is 1. The van der Waals surface area contributed by atoms with Crippen molar-refractivity contribution in [1.82, 2.24) is 29.6 Å². The van der Waals surface area contributed by atoms with E-state index in [0.29, 0.717) is 10.7 Å². The number of rotatable bonds is 4. The van der Waals surface area contributed by atoms with Crippen molar-refractivity contribution in [3.63, 3.8) is 0 Å². The minimum Gasteiger partial charge on any atom is -0.287 e. The Kier molecular flexibility index (Phi) is 4.54. The first kappa shape index (κ1) is 18.3. The number of nitriles is 1. The van der Waals surface area contributed by atoms with Crippen molar-refractivity contribution in [1.29, 1.82) is 5.26 Å². The van der Waals surface area contributed by atoms with Gasteiger partial charge in [0.15, 0.2) is 0 Å². The third kappa shape index (κ3) is 3.22. The molecule has 0 N–H and O–H groups in total. The van der Waals surface area contributed by atoms with Crippen LogP contribution >= 0.6 is 11.6 Å². The van der Waals surface area contributed by atoms with Crippen molar-refractivity contribution >= 4 is 17.4 Å². The highest BCUT2D eigenvalue weighted by Gasteiger charge is 2.23. The maximum Gasteiger partial charge on any atom is 0.368 e. The van der Waals surface area contributed by atoms with Crippen LogP contribution in [-0.2, 0) is 7.05 Å². The van der Waals surface area contributed by atoms with Crippen molar-refractivity contribution < 1.29 is 4.79 Å². The molecular formula is C19H12ClN7O2. The summed E-state index contributed by atoms with van der Waals surface area (Å²) in [4.78, 5) is 25.5. The Bertz CT molecular complexity index is 1330. The fraction of sp³-hybridized carbons (Fsp3) is 0.0526.